The first-order chi connectivity index (χ1) is 7.72. The fourth-order valence-corrected chi connectivity index (χ4v) is 1.54. The summed E-state index contributed by atoms with van der Waals surface area (Å²) in [7, 11) is 0. The molecule has 0 aliphatic carbocycles. The molecule has 16 heavy (non-hydrogen) atoms. The minimum Gasteiger partial charge on any atom is -0.472 e. The molecule has 0 saturated carbocycles. The van der Waals surface area contributed by atoms with Gasteiger partial charge in [0, 0.05) is 18.2 Å². The monoisotopic (exact) mass is 224 g/mol. The predicted molar refractivity (Wildman–Crippen MR) is 62.9 cm³/mol. The normalized spacial score (nSPS) is 12.4. The molecule has 90 valence electrons. The molecule has 0 aliphatic rings. The number of carbonyl (C=O) groups is 1. The largest absolute Gasteiger partial charge is 0.472 e. The molecule has 4 heteroatoms. The minimum absolute atomic E-state index is 0.0458. The Bertz CT molecular complexity index is 296. The van der Waals surface area contributed by atoms with Gasteiger partial charge in [-0.25, -0.2) is 0 Å². The molecule has 0 aromatic carbocycles. The van der Waals surface area contributed by atoms with Crippen LogP contribution in [0.2, 0.25) is 0 Å². The van der Waals surface area contributed by atoms with Crippen LogP contribution < -0.4 is 10.6 Å². The van der Waals surface area contributed by atoms with E-state index in [4.69, 9.17) is 4.42 Å². The number of nitrogens with one attached hydrogen (secondary N) is 2. The molecule has 1 rings (SSSR count). The second-order valence-electron chi connectivity index (χ2n) is 3.99. The van der Waals surface area contributed by atoms with E-state index in [2.05, 4.69) is 17.6 Å². The van der Waals surface area contributed by atoms with Gasteiger partial charge in [-0.1, -0.05) is 13.3 Å². The van der Waals surface area contributed by atoms with Gasteiger partial charge in [-0.15, -0.1) is 0 Å². The van der Waals surface area contributed by atoms with Crippen molar-refractivity contribution in [3.63, 3.8) is 0 Å². The molecule has 2 N–H and O–H groups in total. The van der Waals surface area contributed by atoms with E-state index in [0.717, 1.165) is 18.4 Å². The summed E-state index contributed by atoms with van der Waals surface area (Å²) >= 11 is 0. The lowest BCUT2D eigenvalue weighted by Gasteiger charge is -2.12. The lowest BCUT2D eigenvalue weighted by Crippen LogP contribution is -2.38. The lowest BCUT2D eigenvalue weighted by molar-refractivity contribution is -0.120. The lowest BCUT2D eigenvalue weighted by atomic mass is 10.2. The summed E-state index contributed by atoms with van der Waals surface area (Å²) in [4.78, 5) is 11.5. The minimum atomic E-state index is 0.0458. The van der Waals surface area contributed by atoms with E-state index in [9.17, 15) is 4.79 Å². The van der Waals surface area contributed by atoms with E-state index in [-0.39, 0.29) is 11.9 Å². The summed E-state index contributed by atoms with van der Waals surface area (Å²) in [5.41, 5.74) is 1.05. The molecule has 0 fully saturated rings. The highest BCUT2D eigenvalue weighted by atomic mass is 16.3. The summed E-state index contributed by atoms with van der Waals surface area (Å²) in [6.45, 7) is 5.14. The molecule has 1 amide bonds. The Morgan fingerprint density at radius 2 is 2.38 bits per heavy atom. The molecule has 1 unspecified atom stereocenters. The Kier molecular flexibility index (Phi) is 5.64. The van der Waals surface area contributed by atoms with Crippen LogP contribution in [0.25, 0.3) is 0 Å². The third-order valence-electron chi connectivity index (χ3n) is 2.32. The molecular formula is C12H20N2O2. The van der Waals surface area contributed by atoms with Crippen molar-refractivity contribution in [2.24, 2.45) is 0 Å². The van der Waals surface area contributed by atoms with Gasteiger partial charge in [-0.3, -0.25) is 4.79 Å². The third kappa shape index (κ3) is 4.98. The molecule has 1 atom stereocenters. The first-order valence-corrected chi connectivity index (χ1v) is 5.73. The zero-order valence-corrected chi connectivity index (χ0v) is 9.95. The highest BCUT2D eigenvalue weighted by molar-refractivity contribution is 5.78. The van der Waals surface area contributed by atoms with E-state index in [1.54, 1.807) is 12.5 Å². The number of furan rings is 1. The Morgan fingerprint density at radius 1 is 1.56 bits per heavy atom. The quantitative estimate of drug-likeness (QED) is 0.740. The van der Waals surface area contributed by atoms with Crippen molar-refractivity contribution < 1.29 is 9.21 Å². The maximum absolute atomic E-state index is 11.5. The highest BCUT2D eigenvalue weighted by Crippen LogP contribution is 1.98. The fourth-order valence-electron chi connectivity index (χ4n) is 1.54. The van der Waals surface area contributed by atoms with E-state index < -0.39 is 0 Å². The van der Waals surface area contributed by atoms with Gasteiger partial charge in [0.2, 0.25) is 5.91 Å². The van der Waals surface area contributed by atoms with Crippen LogP contribution in [-0.2, 0) is 11.3 Å². The van der Waals surface area contributed by atoms with Crippen molar-refractivity contribution in [3.05, 3.63) is 24.2 Å². The van der Waals surface area contributed by atoms with Crippen molar-refractivity contribution in [1.82, 2.24) is 10.6 Å². The van der Waals surface area contributed by atoms with Crippen molar-refractivity contribution in [3.8, 4) is 0 Å². The van der Waals surface area contributed by atoms with Gasteiger partial charge in [0.25, 0.3) is 0 Å². The van der Waals surface area contributed by atoms with Crippen molar-refractivity contribution in [1.29, 1.82) is 0 Å². The molecule has 4 nitrogen and oxygen atoms in total. The van der Waals surface area contributed by atoms with Crippen LogP contribution in [0.5, 0.6) is 0 Å². The van der Waals surface area contributed by atoms with Crippen LogP contribution in [0, 0.1) is 0 Å². The SMILES string of the molecule is CCCC(C)NC(=O)CNCc1ccoc1. The zero-order valence-electron chi connectivity index (χ0n) is 9.95. The van der Waals surface area contributed by atoms with Gasteiger partial charge < -0.3 is 15.1 Å². The Hall–Kier alpha value is -1.29. The summed E-state index contributed by atoms with van der Waals surface area (Å²) in [5, 5.41) is 6.00. The summed E-state index contributed by atoms with van der Waals surface area (Å²) in [6, 6.07) is 2.14. The molecule has 1 aromatic heterocycles. The van der Waals surface area contributed by atoms with E-state index >= 15 is 0 Å². The van der Waals surface area contributed by atoms with Gasteiger partial charge >= 0.3 is 0 Å². The number of carbonyl (C=O) groups excluding carboxylic acids is 1. The first kappa shape index (κ1) is 12.8. The topological polar surface area (TPSA) is 54.3 Å². The summed E-state index contributed by atoms with van der Waals surface area (Å²) < 4.78 is 4.93. The van der Waals surface area contributed by atoms with E-state index in [1.165, 1.54) is 0 Å². The molecule has 0 bridgehead atoms. The zero-order chi connectivity index (χ0) is 11.8. The van der Waals surface area contributed by atoms with Crippen LogP contribution in [0.1, 0.15) is 32.3 Å². The predicted octanol–water partition coefficient (Wildman–Crippen LogP) is 1.67. The van der Waals surface area contributed by atoms with Gasteiger partial charge in [-0.05, 0) is 19.4 Å². The molecule has 0 saturated heterocycles. The van der Waals surface area contributed by atoms with Crippen LogP contribution in [-0.4, -0.2) is 18.5 Å². The highest BCUT2D eigenvalue weighted by Gasteiger charge is 2.05. The molecule has 0 aliphatic heterocycles. The maximum Gasteiger partial charge on any atom is 0.234 e. The Labute approximate surface area is 96.4 Å². The summed E-state index contributed by atoms with van der Waals surface area (Å²) in [5.74, 6) is 0.0458. The Balaban J connectivity index is 2.10. The smallest absolute Gasteiger partial charge is 0.234 e. The van der Waals surface area contributed by atoms with Crippen LogP contribution in [0.4, 0.5) is 0 Å². The molecule has 1 heterocycles. The van der Waals surface area contributed by atoms with Crippen LogP contribution in [0.3, 0.4) is 0 Å². The third-order valence-corrected chi connectivity index (χ3v) is 2.32. The maximum atomic E-state index is 11.5. The van der Waals surface area contributed by atoms with Crippen molar-refractivity contribution >= 4 is 5.91 Å². The van der Waals surface area contributed by atoms with Gasteiger partial charge in [-0.2, -0.15) is 0 Å². The molecular weight excluding hydrogens is 204 g/mol. The molecule has 1 aromatic rings. The number of rotatable bonds is 7. The second-order valence-corrected chi connectivity index (χ2v) is 3.99. The molecule has 0 radical (unpaired) electrons. The summed E-state index contributed by atoms with van der Waals surface area (Å²) in [6.07, 6.45) is 5.41. The second kappa shape index (κ2) is 7.06. The number of amides is 1. The van der Waals surface area contributed by atoms with Crippen molar-refractivity contribution in [2.45, 2.75) is 39.3 Å². The Morgan fingerprint density at radius 3 is 3.00 bits per heavy atom. The first-order valence-electron chi connectivity index (χ1n) is 5.73. The average molecular weight is 224 g/mol. The van der Waals surface area contributed by atoms with Gasteiger partial charge in [0.1, 0.15) is 0 Å². The number of hydrogen-bond donors (Lipinski definition) is 2. The van der Waals surface area contributed by atoms with Gasteiger partial charge in [0.05, 0.1) is 19.1 Å². The number of hydrogen-bond acceptors (Lipinski definition) is 3. The standard InChI is InChI=1S/C12H20N2O2/c1-3-4-10(2)14-12(15)8-13-7-11-5-6-16-9-11/h5-6,9-10,13H,3-4,7-8H2,1-2H3,(H,14,15). The van der Waals surface area contributed by atoms with E-state index in [0.29, 0.717) is 13.1 Å². The van der Waals surface area contributed by atoms with Gasteiger partial charge in [0.15, 0.2) is 0 Å². The van der Waals surface area contributed by atoms with Crippen LogP contribution in [0.15, 0.2) is 23.0 Å². The fraction of sp³-hybridized carbons (Fsp3) is 0.583. The average Bonchev–Trinajstić information content (AvgIpc) is 2.70. The van der Waals surface area contributed by atoms with E-state index in [1.807, 2.05) is 13.0 Å². The van der Waals surface area contributed by atoms with Crippen molar-refractivity contribution in [2.75, 3.05) is 6.54 Å². The van der Waals surface area contributed by atoms with Crippen LogP contribution >= 0.6 is 0 Å². The molecule has 0 spiro atoms.